The summed E-state index contributed by atoms with van der Waals surface area (Å²) >= 11 is 1.63. The van der Waals surface area contributed by atoms with Crippen LogP contribution in [0.3, 0.4) is 0 Å². The first-order chi connectivity index (χ1) is 11.1. The zero-order valence-electron chi connectivity index (χ0n) is 12.7. The van der Waals surface area contributed by atoms with Crippen LogP contribution in [0.5, 0.6) is 0 Å². The second-order valence-corrected chi connectivity index (χ2v) is 6.36. The number of nitrogens with zero attached hydrogens (tertiary/aromatic N) is 1. The first kappa shape index (κ1) is 15.6. The van der Waals surface area contributed by atoms with Gasteiger partial charge < -0.3 is 10.0 Å². The third-order valence-corrected chi connectivity index (χ3v) is 4.84. The number of amides is 1. The molecule has 1 heterocycles. The van der Waals surface area contributed by atoms with E-state index >= 15 is 0 Å². The van der Waals surface area contributed by atoms with E-state index in [2.05, 4.69) is 0 Å². The average molecular weight is 327 g/mol. The van der Waals surface area contributed by atoms with Crippen LogP contribution in [0.15, 0.2) is 53.4 Å². The summed E-state index contributed by atoms with van der Waals surface area (Å²) in [4.78, 5) is 26.7. The molecule has 0 aliphatic carbocycles. The van der Waals surface area contributed by atoms with Gasteiger partial charge in [0.1, 0.15) is 0 Å². The van der Waals surface area contributed by atoms with Gasteiger partial charge in [-0.15, -0.1) is 11.8 Å². The molecule has 0 bridgehead atoms. The van der Waals surface area contributed by atoms with Gasteiger partial charge in [0.05, 0.1) is 12.5 Å². The van der Waals surface area contributed by atoms with Crippen molar-refractivity contribution in [3.05, 3.63) is 65.2 Å². The molecule has 0 fully saturated rings. The number of thioether (sulfide) groups is 1. The molecule has 4 nitrogen and oxygen atoms in total. The Labute approximate surface area is 139 Å². The number of carboxylic acid groups (broad SMARTS) is 1. The number of benzene rings is 2. The van der Waals surface area contributed by atoms with Gasteiger partial charge in [0.25, 0.3) is 5.91 Å². The van der Waals surface area contributed by atoms with E-state index in [1.54, 1.807) is 22.7 Å². The Morgan fingerprint density at radius 1 is 1.22 bits per heavy atom. The van der Waals surface area contributed by atoms with Gasteiger partial charge in [0, 0.05) is 17.0 Å². The number of rotatable bonds is 5. The van der Waals surface area contributed by atoms with Crippen LogP contribution in [0.25, 0.3) is 0 Å². The maximum atomic E-state index is 12.6. The minimum atomic E-state index is -0.910. The first-order valence-electron chi connectivity index (χ1n) is 7.35. The molecule has 1 aliphatic rings. The largest absolute Gasteiger partial charge is 0.481 e. The predicted molar refractivity (Wildman–Crippen MR) is 89.5 cm³/mol. The monoisotopic (exact) mass is 327 g/mol. The molecule has 1 atom stereocenters. The number of aliphatic carboxylic acids is 1. The lowest BCUT2D eigenvalue weighted by Gasteiger charge is -2.27. The minimum absolute atomic E-state index is 0.0965. The molecule has 0 saturated carbocycles. The molecule has 1 unspecified atom stereocenters. The highest BCUT2D eigenvalue weighted by molar-refractivity contribution is 7.98. The molecule has 0 radical (unpaired) electrons. The number of carboxylic acids is 1. The highest BCUT2D eigenvalue weighted by atomic mass is 32.2. The highest BCUT2D eigenvalue weighted by Gasteiger charge is 2.34. The molecule has 0 aromatic heterocycles. The Balaban J connectivity index is 1.94. The van der Waals surface area contributed by atoms with E-state index in [0.717, 1.165) is 16.0 Å². The summed E-state index contributed by atoms with van der Waals surface area (Å²) in [5.74, 6) is -1.01. The van der Waals surface area contributed by atoms with Crippen molar-refractivity contribution in [1.82, 2.24) is 4.90 Å². The molecule has 23 heavy (non-hydrogen) atoms. The van der Waals surface area contributed by atoms with Crippen molar-refractivity contribution < 1.29 is 14.7 Å². The Morgan fingerprint density at radius 3 is 2.52 bits per heavy atom. The number of carbonyl (C=O) groups is 2. The molecule has 0 saturated heterocycles. The molecule has 1 N–H and O–H groups in total. The van der Waals surface area contributed by atoms with E-state index in [9.17, 15) is 14.7 Å². The van der Waals surface area contributed by atoms with Crippen molar-refractivity contribution in [2.75, 3.05) is 6.26 Å². The normalized spacial score (nSPS) is 14.7. The zero-order valence-corrected chi connectivity index (χ0v) is 13.5. The van der Waals surface area contributed by atoms with Crippen LogP contribution >= 0.6 is 11.8 Å². The first-order valence-corrected chi connectivity index (χ1v) is 8.57. The van der Waals surface area contributed by atoms with Crippen molar-refractivity contribution in [3.63, 3.8) is 0 Å². The number of fused-ring (bicyclic) bond motifs is 1. The van der Waals surface area contributed by atoms with E-state index in [0.29, 0.717) is 12.1 Å². The zero-order chi connectivity index (χ0) is 16.4. The lowest BCUT2D eigenvalue weighted by molar-refractivity contribution is -0.138. The average Bonchev–Trinajstić information content (AvgIpc) is 2.90. The van der Waals surface area contributed by atoms with Crippen LogP contribution in [0, 0.1) is 0 Å². The summed E-state index contributed by atoms with van der Waals surface area (Å²) < 4.78 is 0. The minimum Gasteiger partial charge on any atom is -0.481 e. The quantitative estimate of drug-likeness (QED) is 0.853. The van der Waals surface area contributed by atoms with E-state index in [1.165, 1.54) is 0 Å². The third kappa shape index (κ3) is 3.10. The molecule has 1 aliphatic heterocycles. The van der Waals surface area contributed by atoms with Crippen molar-refractivity contribution in [2.45, 2.75) is 23.9 Å². The summed E-state index contributed by atoms with van der Waals surface area (Å²) in [7, 11) is 0. The third-order valence-electron chi connectivity index (χ3n) is 4.09. The van der Waals surface area contributed by atoms with Crippen LogP contribution in [0.2, 0.25) is 0 Å². The smallest absolute Gasteiger partial charge is 0.305 e. The topological polar surface area (TPSA) is 57.6 Å². The van der Waals surface area contributed by atoms with Gasteiger partial charge in [-0.2, -0.15) is 0 Å². The molecule has 118 valence electrons. The predicted octanol–water partition coefficient (Wildman–Crippen LogP) is 3.58. The summed E-state index contributed by atoms with van der Waals surface area (Å²) in [6, 6.07) is 14.7. The summed E-state index contributed by atoms with van der Waals surface area (Å²) in [6.07, 6.45) is 1.89. The standard InChI is InChI=1S/C18H17NO3S/c1-23-14-8-6-12(7-9-14)16(10-17(20)21)19-11-13-4-2-3-5-15(13)18(19)22/h2-9,16H,10-11H2,1H3,(H,20,21). The summed E-state index contributed by atoms with van der Waals surface area (Å²) in [6.45, 7) is 0.456. The van der Waals surface area contributed by atoms with Crippen molar-refractivity contribution >= 4 is 23.6 Å². The Kier molecular flexibility index (Phi) is 4.39. The Morgan fingerprint density at radius 2 is 1.91 bits per heavy atom. The lowest BCUT2D eigenvalue weighted by atomic mass is 10.0. The van der Waals surface area contributed by atoms with Crippen LogP contribution in [-0.4, -0.2) is 28.1 Å². The van der Waals surface area contributed by atoms with Gasteiger partial charge in [0.2, 0.25) is 0 Å². The maximum Gasteiger partial charge on any atom is 0.305 e. The van der Waals surface area contributed by atoms with Gasteiger partial charge in [-0.25, -0.2) is 0 Å². The van der Waals surface area contributed by atoms with E-state index in [4.69, 9.17) is 0 Å². The Bertz CT molecular complexity index is 742. The van der Waals surface area contributed by atoms with Gasteiger partial charge in [-0.1, -0.05) is 30.3 Å². The maximum absolute atomic E-state index is 12.6. The highest BCUT2D eigenvalue weighted by Crippen LogP contribution is 2.34. The molecule has 1 amide bonds. The molecule has 2 aromatic carbocycles. The lowest BCUT2D eigenvalue weighted by Crippen LogP contribution is -2.30. The van der Waals surface area contributed by atoms with Crippen molar-refractivity contribution in [3.8, 4) is 0 Å². The van der Waals surface area contributed by atoms with Gasteiger partial charge >= 0.3 is 5.97 Å². The van der Waals surface area contributed by atoms with Crippen molar-refractivity contribution in [1.29, 1.82) is 0 Å². The van der Waals surface area contributed by atoms with Crippen LogP contribution < -0.4 is 0 Å². The summed E-state index contributed by atoms with van der Waals surface area (Å²) in [5, 5.41) is 9.27. The van der Waals surface area contributed by atoms with Crippen LogP contribution in [0.1, 0.15) is 33.9 Å². The van der Waals surface area contributed by atoms with E-state index in [-0.39, 0.29) is 12.3 Å². The van der Waals surface area contributed by atoms with Gasteiger partial charge in [0.15, 0.2) is 0 Å². The molecule has 3 rings (SSSR count). The molecule has 0 spiro atoms. The van der Waals surface area contributed by atoms with Gasteiger partial charge in [-0.3, -0.25) is 9.59 Å². The SMILES string of the molecule is CSc1ccc(C(CC(=O)O)N2Cc3ccccc3C2=O)cc1. The molecular formula is C18H17NO3S. The van der Waals surface area contributed by atoms with Gasteiger partial charge in [-0.05, 0) is 35.6 Å². The fourth-order valence-corrected chi connectivity index (χ4v) is 3.34. The Hall–Kier alpha value is -2.27. The second-order valence-electron chi connectivity index (χ2n) is 5.48. The van der Waals surface area contributed by atoms with E-state index in [1.807, 2.05) is 48.7 Å². The number of hydrogen-bond donors (Lipinski definition) is 1. The second kappa shape index (κ2) is 6.46. The fourth-order valence-electron chi connectivity index (χ4n) is 2.93. The molecular weight excluding hydrogens is 310 g/mol. The fraction of sp³-hybridized carbons (Fsp3) is 0.222. The van der Waals surface area contributed by atoms with Crippen LogP contribution in [0.4, 0.5) is 0 Å². The number of hydrogen-bond acceptors (Lipinski definition) is 3. The van der Waals surface area contributed by atoms with Crippen molar-refractivity contribution in [2.24, 2.45) is 0 Å². The van der Waals surface area contributed by atoms with Crippen LogP contribution in [-0.2, 0) is 11.3 Å². The molecule has 2 aromatic rings. The van der Waals surface area contributed by atoms with E-state index < -0.39 is 12.0 Å². The molecule has 5 heteroatoms. The summed E-state index contributed by atoms with van der Waals surface area (Å²) in [5.41, 5.74) is 2.48. The number of carbonyl (C=O) groups excluding carboxylic acids is 1.